The Hall–Kier alpha value is -3.02. The molecule has 31 heavy (non-hydrogen) atoms. The van der Waals surface area contributed by atoms with Gasteiger partial charge in [-0.15, -0.1) is 0 Å². The molecule has 4 rings (SSSR count). The molecular weight excluding hydrogens is 437 g/mol. The third kappa shape index (κ3) is 5.37. The summed E-state index contributed by atoms with van der Waals surface area (Å²) >= 11 is 10.2. The molecule has 0 amide bonds. The van der Waals surface area contributed by atoms with Gasteiger partial charge in [-0.3, -0.25) is 19.7 Å². The van der Waals surface area contributed by atoms with Gasteiger partial charge in [0.05, 0.1) is 13.2 Å². The maximum atomic E-state index is 12.8. The summed E-state index contributed by atoms with van der Waals surface area (Å²) in [7, 11) is 0. The molecule has 11 heteroatoms. The minimum absolute atomic E-state index is 0.0258. The van der Waals surface area contributed by atoms with Crippen LogP contribution >= 0.6 is 24.4 Å². The second-order valence-corrected chi connectivity index (χ2v) is 7.36. The molecule has 162 valence electrons. The molecule has 4 aromatic rings. The summed E-state index contributed by atoms with van der Waals surface area (Å²) in [6.07, 6.45) is 3.62. The van der Waals surface area contributed by atoms with E-state index in [9.17, 15) is 4.39 Å². The van der Waals surface area contributed by atoms with Crippen LogP contribution < -0.4 is 0 Å². The van der Waals surface area contributed by atoms with Gasteiger partial charge < -0.3 is 9.67 Å². The highest BCUT2D eigenvalue weighted by Crippen LogP contribution is 2.18. The lowest BCUT2D eigenvalue weighted by Crippen LogP contribution is -2.04. The number of nitrogens with zero attached hydrogens (tertiary/aromatic N) is 5. The van der Waals surface area contributed by atoms with Gasteiger partial charge in [-0.05, 0) is 74.2 Å². The molecule has 0 aliphatic rings. The number of hydrogen-bond acceptors (Lipinski definition) is 6. The molecule has 0 unspecified atom stereocenters. The number of aliphatic hydroxyl groups excluding tert-OH is 1. The molecule has 3 aromatic heterocycles. The number of aryl methyl sites for hydroxylation is 1. The van der Waals surface area contributed by atoms with E-state index in [0.29, 0.717) is 21.9 Å². The van der Waals surface area contributed by atoms with Crippen molar-refractivity contribution in [3.05, 3.63) is 63.6 Å². The van der Waals surface area contributed by atoms with Crippen molar-refractivity contribution < 1.29 is 9.50 Å². The van der Waals surface area contributed by atoms with Gasteiger partial charge in [-0.25, -0.2) is 4.39 Å². The summed E-state index contributed by atoms with van der Waals surface area (Å²) in [4.78, 5) is 4.14. The topological polar surface area (TPSA) is 100 Å². The van der Waals surface area contributed by atoms with Crippen molar-refractivity contribution in [3.63, 3.8) is 0 Å². The number of hydrogen-bond donors (Lipinski definition) is 3. The minimum Gasteiger partial charge on any atom is -0.395 e. The van der Waals surface area contributed by atoms with Gasteiger partial charge >= 0.3 is 0 Å². The fraction of sp³-hybridized carbons (Fsp3) is 0.250. The van der Waals surface area contributed by atoms with Crippen LogP contribution in [0, 0.1) is 22.3 Å². The highest BCUT2D eigenvalue weighted by atomic mass is 32.1. The average molecular weight is 460 g/mol. The van der Waals surface area contributed by atoms with Gasteiger partial charge in [-0.1, -0.05) is 0 Å². The molecule has 8 nitrogen and oxygen atoms in total. The summed E-state index contributed by atoms with van der Waals surface area (Å²) in [6.45, 7) is 5.19. The SMILES string of the molecule is CCn1c(-c2cncc(C)c2)n[nH]c1=S.OCCn1c(-c2ccc(F)cc2)n[nH]c1=S. The quantitative estimate of drug-likeness (QED) is 0.389. The van der Waals surface area contributed by atoms with E-state index in [1.807, 2.05) is 30.7 Å². The highest BCUT2D eigenvalue weighted by Gasteiger charge is 2.08. The van der Waals surface area contributed by atoms with Crippen LogP contribution in [0.5, 0.6) is 0 Å². The van der Waals surface area contributed by atoms with E-state index < -0.39 is 0 Å². The van der Waals surface area contributed by atoms with Gasteiger partial charge in [-0.2, -0.15) is 10.2 Å². The van der Waals surface area contributed by atoms with Crippen LogP contribution in [-0.4, -0.2) is 46.2 Å². The number of halogens is 1. The van der Waals surface area contributed by atoms with E-state index in [0.717, 1.165) is 29.1 Å². The zero-order valence-electron chi connectivity index (χ0n) is 17.0. The van der Waals surface area contributed by atoms with Gasteiger partial charge in [0.25, 0.3) is 0 Å². The summed E-state index contributed by atoms with van der Waals surface area (Å²) in [5.41, 5.74) is 2.86. The molecule has 0 fully saturated rings. The molecule has 0 aliphatic carbocycles. The second-order valence-electron chi connectivity index (χ2n) is 6.58. The fourth-order valence-corrected chi connectivity index (χ4v) is 3.44. The first kappa shape index (κ1) is 22.7. The van der Waals surface area contributed by atoms with Gasteiger partial charge in [0, 0.05) is 30.1 Å². The first-order valence-corrected chi connectivity index (χ1v) is 10.4. The third-order valence-corrected chi connectivity index (χ3v) is 5.02. The van der Waals surface area contributed by atoms with Crippen LogP contribution in [0.1, 0.15) is 12.5 Å². The Balaban J connectivity index is 0.000000176. The van der Waals surface area contributed by atoms with Crippen LogP contribution in [0.3, 0.4) is 0 Å². The van der Waals surface area contributed by atoms with E-state index in [2.05, 4.69) is 25.4 Å². The van der Waals surface area contributed by atoms with Crippen LogP contribution in [-0.2, 0) is 13.1 Å². The van der Waals surface area contributed by atoms with Crippen molar-refractivity contribution >= 4 is 24.4 Å². The van der Waals surface area contributed by atoms with E-state index in [1.54, 1.807) is 22.9 Å². The predicted molar refractivity (Wildman–Crippen MR) is 121 cm³/mol. The first-order valence-electron chi connectivity index (χ1n) is 9.53. The van der Waals surface area contributed by atoms with E-state index in [1.165, 1.54) is 12.1 Å². The van der Waals surface area contributed by atoms with Gasteiger partial charge in [0.1, 0.15) is 5.82 Å². The number of H-pyrrole nitrogens is 2. The number of aromatic nitrogens is 7. The van der Waals surface area contributed by atoms with Crippen molar-refractivity contribution in [3.8, 4) is 22.8 Å². The lowest BCUT2D eigenvalue weighted by Gasteiger charge is -2.04. The Kier molecular flexibility index (Phi) is 7.55. The predicted octanol–water partition coefficient (Wildman–Crippen LogP) is 4.07. The molecule has 0 saturated heterocycles. The Morgan fingerprint density at radius 2 is 1.58 bits per heavy atom. The molecule has 0 spiro atoms. The Bertz CT molecular complexity index is 1260. The minimum atomic E-state index is -0.299. The number of rotatable bonds is 5. The number of benzene rings is 1. The van der Waals surface area contributed by atoms with Crippen LogP contribution in [0.2, 0.25) is 0 Å². The molecule has 3 heterocycles. The molecule has 1 aromatic carbocycles. The van der Waals surface area contributed by atoms with Crippen molar-refractivity contribution in [1.29, 1.82) is 0 Å². The third-order valence-electron chi connectivity index (χ3n) is 4.39. The molecule has 0 aliphatic heterocycles. The van der Waals surface area contributed by atoms with Crippen molar-refractivity contribution in [1.82, 2.24) is 34.5 Å². The Morgan fingerprint density at radius 3 is 2.16 bits per heavy atom. The highest BCUT2D eigenvalue weighted by molar-refractivity contribution is 7.71. The number of pyridine rings is 1. The maximum Gasteiger partial charge on any atom is 0.195 e. The van der Waals surface area contributed by atoms with Crippen LogP contribution in [0.15, 0.2) is 42.7 Å². The van der Waals surface area contributed by atoms with E-state index >= 15 is 0 Å². The lowest BCUT2D eigenvalue weighted by molar-refractivity contribution is 0.276. The molecule has 0 bridgehead atoms. The van der Waals surface area contributed by atoms with E-state index in [4.69, 9.17) is 29.5 Å². The lowest BCUT2D eigenvalue weighted by atomic mass is 10.2. The van der Waals surface area contributed by atoms with Crippen molar-refractivity contribution in [2.24, 2.45) is 0 Å². The van der Waals surface area contributed by atoms with Gasteiger partial charge in [0.15, 0.2) is 21.2 Å². The smallest absolute Gasteiger partial charge is 0.195 e. The summed E-state index contributed by atoms with van der Waals surface area (Å²) in [6, 6.07) is 8.00. The van der Waals surface area contributed by atoms with Crippen LogP contribution in [0.4, 0.5) is 4.39 Å². The summed E-state index contributed by atoms with van der Waals surface area (Å²) in [5.74, 6) is 1.14. The normalized spacial score (nSPS) is 10.6. The Morgan fingerprint density at radius 1 is 0.968 bits per heavy atom. The Labute approximate surface area is 188 Å². The molecule has 0 radical (unpaired) electrons. The zero-order chi connectivity index (χ0) is 22.4. The zero-order valence-corrected chi connectivity index (χ0v) is 18.7. The molecule has 0 atom stereocenters. The number of nitrogens with one attached hydrogen (secondary N) is 2. The molecule has 0 saturated carbocycles. The molecular formula is C20H22FN7OS2. The monoisotopic (exact) mass is 459 g/mol. The summed E-state index contributed by atoms with van der Waals surface area (Å²) < 4.78 is 17.5. The molecule has 3 N–H and O–H groups in total. The largest absolute Gasteiger partial charge is 0.395 e. The average Bonchev–Trinajstić information content (AvgIpc) is 3.32. The maximum absolute atomic E-state index is 12.8. The number of aromatic amines is 2. The van der Waals surface area contributed by atoms with Gasteiger partial charge in [0.2, 0.25) is 0 Å². The van der Waals surface area contributed by atoms with E-state index in [-0.39, 0.29) is 12.4 Å². The van der Waals surface area contributed by atoms with Crippen LogP contribution in [0.25, 0.3) is 22.8 Å². The second kappa shape index (κ2) is 10.3. The first-order chi connectivity index (χ1) is 14.9. The summed E-state index contributed by atoms with van der Waals surface area (Å²) in [5, 5.41) is 22.6. The standard InChI is InChI=1S/C10H10FN3OS.C10H12N4S/c11-8-3-1-7(2-4-8)9-12-13-10(16)14(9)5-6-15;1-3-14-9(12-13-10(14)15)8-4-7(2)5-11-6-8/h1-4,15H,5-6H2,(H,13,16);4-6H,3H2,1-2H3,(H,13,15). The fourth-order valence-electron chi connectivity index (χ4n) is 2.95. The number of aliphatic hydroxyl groups is 1. The van der Waals surface area contributed by atoms with Crippen molar-refractivity contribution in [2.45, 2.75) is 26.9 Å². The van der Waals surface area contributed by atoms with Crippen molar-refractivity contribution in [2.75, 3.05) is 6.61 Å².